The number of unbranched alkanes of at least 4 members (excludes halogenated alkanes) is 5. The Morgan fingerprint density at radius 1 is 0.455 bits per heavy atom. The standard InChI is InChI=1S/C17H38O4Si/c1-5-9-10-11-12-13-17-21-22(18-14-6-2,19-15-7-3)20-16-8-4/h5-17H2,1-4H3. The van der Waals surface area contributed by atoms with Crippen molar-refractivity contribution in [3.8, 4) is 0 Å². The van der Waals surface area contributed by atoms with Gasteiger partial charge in [0, 0.05) is 26.4 Å². The lowest BCUT2D eigenvalue weighted by Crippen LogP contribution is -2.50. The molecule has 0 aliphatic rings. The van der Waals surface area contributed by atoms with E-state index in [0.717, 1.165) is 25.7 Å². The SMILES string of the molecule is CCCCCCCCO[Si](OCCC)(OCCC)OCCC. The second kappa shape index (κ2) is 15.9. The van der Waals surface area contributed by atoms with E-state index in [9.17, 15) is 0 Å². The lowest BCUT2D eigenvalue weighted by Gasteiger charge is -2.28. The van der Waals surface area contributed by atoms with Gasteiger partial charge in [-0.05, 0) is 25.7 Å². The fourth-order valence-corrected chi connectivity index (χ4v) is 4.27. The average molecular weight is 335 g/mol. The van der Waals surface area contributed by atoms with Crippen LogP contribution >= 0.6 is 0 Å². The van der Waals surface area contributed by atoms with Crippen molar-refractivity contribution < 1.29 is 17.7 Å². The highest BCUT2D eigenvalue weighted by Crippen LogP contribution is 2.15. The molecule has 0 unspecified atom stereocenters. The van der Waals surface area contributed by atoms with Crippen LogP contribution in [0.4, 0.5) is 0 Å². The molecule has 22 heavy (non-hydrogen) atoms. The van der Waals surface area contributed by atoms with Crippen molar-refractivity contribution in [3.05, 3.63) is 0 Å². The van der Waals surface area contributed by atoms with Gasteiger partial charge in [0.25, 0.3) is 0 Å². The minimum atomic E-state index is -2.93. The maximum absolute atomic E-state index is 6.01. The molecule has 0 atom stereocenters. The lowest BCUT2D eigenvalue weighted by atomic mass is 10.1. The van der Waals surface area contributed by atoms with Gasteiger partial charge in [-0.1, -0.05) is 59.8 Å². The third-order valence-corrected chi connectivity index (χ3v) is 5.46. The molecule has 0 aromatic carbocycles. The monoisotopic (exact) mass is 334 g/mol. The zero-order valence-corrected chi connectivity index (χ0v) is 16.3. The summed E-state index contributed by atoms with van der Waals surface area (Å²) in [5.41, 5.74) is 0. The maximum atomic E-state index is 6.01. The van der Waals surface area contributed by atoms with Gasteiger partial charge in [-0.25, -0.2) is 0 Å². The van der Waals surface area contributed by atoms with Gasteiger partial charge in [0.05, 0.1) is 0 Å². The van der Waals surface area contributed by atoms with Crippen molar-refractivity contribution in [1.29, 1.82) is 0 Å². The van der Waals surface area contributed by atoms with E-state index in [4.69, 9.17) is 17.7 Å². The van der Waals surface area contributed by atoms with Gasteiger partial charge in [-0.3, -0.25) is 0 Å². The minimum absolute atomic E-state index is 0.635. The largest absolute Gasteiger partial charge is 0.679 e. The fourth-order valence-electron chi connectivity index (χ4n) is 2.01. The molecule has 0 N–H and O–H groups in total. The van der Waals surface area contributed by atoms with E-state index in [-0.39, 0.29) is 0 Å². The molecule has 0 amide bonds. The van der Waals surface area contributed by atoms with Gasteiger partial charge < -0.3 is 17.7 Å². The Labute approximate surface area is 139 Å². The van der Waals surface area contributed by atoms with Crippen molar-refractivity contribution in [2.75, 3.05) is 26.4 Å². The summed E-state index contributed by atoms with van der Waals surface area (Å²) in [6, 6.07) is 0. The Bertz CT molecular complexity index is 205. The lowest BCUT2D eigenvalue weighted by molar-refractivity contribution is -0.0354. The van der Waals surface area contributed by atoms with E-state index in [1.165, 1.54) is 32.1 Å². The summed E-state index contributed by atoms with van der Waals surface area (Å²) >= 11 is 0. The zero-order chi connectivity index (χ0) is 16.5. The Balaban J connectivity index is 4.21. The van der Waals surface area contributed by atoms with Crippen LogP contribution < -0.4 is 0 Å². The second-order valence-corrected chi connectivity index (χ2v) is 7.82. The van der Waals surface area contributed by atoms with E-state index >= 15 is 0 Å². The van der Waals surface area contributed by atoms with Gasteiger partial charge in [0.1, 0.15) is 0 Å². The summed E-state index contributed by atoms with van der Waals surface area (Å²) in [5, 5.41) is 0. The van der Waals surface area contributed by atoms with Crippen LogP contribution in [0.3, 0.4) is 0 Å². The van der Waals surface area contributed by atoms with E-state index in [1.54, 1.807) is 0 Å². The Morgan fingerprint density at radius 2 is 0.864 bits per heavy atom. The first-order chi connectivity index (χ1) is 10.7. The summed E-state index contributed by atoms with van der Waals surface area (Å²) in [6.45, 7) is 11.1. The molecule has 0 saturated carbocycles. The van der Waals surface area contributed by atoms with Gasteiger partial charge in [-0.2, -0.15) is 0 Å². The molecule has 0 aromatic heterocycles. The molecule has 0 rings (SSSR count). The van der Waals surface area contributed by atoms with Crippen molar-refractivity contribution >= 4 is 9.05 Å². The highest BCUT2D eigenvalue weighted by atomic mass is 28.4. The molecule has 0 aromatic rings. The van der Waals surface area contributed by atoms with Crippen LogP contribution in [0.1, 0.15) is 85.5 Å². The zero-order valence-electron chi connectivity index (χ0n) is 15.3. The van der Waals surface area contributed by atoms with E-state index in [1.807, 2.05) is 0 Å². The summed E-state index contributed by atoms with van der Waals surface area (Å²) < 4.78 is 23.7. The second-order valence-electron chi connectivity index (χ2n) is 5.66. The molecule has 0 spiro atoms. The van der Waals surface area contributed by atoms with Crippen LogP contribution in [0.25, 0.3) is 0 Å². The smallest absolute Gasteiger partial charge is 0.351 e. The molecule has 5 heteroatoms. The molecule has 0 aliphatic carbocycles. The summed E-state index contributed by atoms with van der Waals surface area (Å²) in [7, 11) is -2.93. The Morgan fingerprint density at radius 3 is 1.32 bits per heavy atom. The van der Waals surface area contributed by atoms with Crippen LogP contribution in [0.5, 0.6) is 0 Å². The molecule has 134 valence electrons. The highest BCUT2D eigenvalue weighted by Gasteiger charge is 2.45. The third kappa shape index (κ3) is 11.6. The number of hydrogen-bond acceptors (Lipinski definition) is 4. The van der Waals surface area contributed by atoms with Crippen LogP contribution in [0, 0.1) is 0 Å². The molecular weight excluding hydrogens is 296 g/mol. The molecular formula is C17H38O4Si. The minimum Gasteiger partial charge on any atom is -0.351 e. The van der Waals surface area contributed by atoms with E-state index in [2.05, 4.69) is 27.7 Å². The van der Waals surface area contributed by atoms with E-state index < -0.39 is 9.05 Å². The first kappa shape index (κ1) is 22.1. The molecule has 0 radical (unpaired) electrons. The fraction of sp³-hybridized carbons (Fsp3) is 1.00. The highest BCUT2D eigenvalue weighted by molar-refractivity contribution is 6.53. The predicted molar refractivity (Wildman–Crippen MR) is 93.8 cm³/mol. The van der Waals surface area contributed by atoms with E-state index in [0.29, 0.717) is 26.4 Å². The van der Waals surface area contributed by atoms with Crippen LogP contribution in [-0.4, -0.2) is 35.5 Å². The number of hydrogen-bond donors (Lipinski definition) is 0. The third-order valence-electron chi connectivity index (χ3n) is 3.23. The van der Waals surface area contributed by atoms with Crippen molar-refractivity contribution in [2.24, 2.45) is 0 Å². The van der Waals surface area contributed by atoms with Crippen LogP contribution in [0.15, 0.2) is 0 Å². The van der Waals surface area contributed by atoms with Crippen LogP contribution in [-0.2, 0) is 17.7 Å². The molecule has 0 bridgehead atoms. The van der Waals surface area contributed by atoms with Gasteiger partial charge in [-0.15, -0.1) is 0 Å². The van der Waals surface area contributed by atoms with Gasteiger partial charge in [0.2, 0.25) is 0 Å². The molecule has 0 saturated heterocycles. The van der Waals surface area contributed by atoms with Crippen molar-refractivity contribution in [3.63, 3.8) is 0 Å². The average Bonchev–Trinajstić information content (AvgIpc) is 2.55. The predicted octanol–water partition coefficient (Wildman–Crippen LogP) is 5.08. The Hall–Kier alpha value is 0.0569. The van der Waals surface area contributed by atoms with Gasteiger partial charge >= 0.3 is 9.05 Å². The first-order valence-corrected chi connectivity index (χ1v) is 10.9. The normalized spacial score (nSPS) is 12.0. The summed E-state index contributed by atoms with van der Waals surface area (Å²) in [4.78, 5) is 0. The van der Waals surface area contributed by atoms with Crippen molar-refractivity contribution in [2.45, 2.75) is 85.5 Å². The topological polar surface area (TPSA) is 36.9 Å². The van der Waals surface area contributed by atoms with Crippen molar-refractivity contribution in [1.82, 2.24) is 0 Å². The summed E-state index contributed by atoms with van der Waals surface area (Å²) in [5.74, 6) is 0. The van der Waals surface area contributed by atoms with Gasteiger partial charge in [0.15, 0.2) is 0 Å². The number of rotatable bonds is 17. The quantitative estimate of drug-likeness (QED) is 0.274. The molecule has 0 fully saturated rings. The Kier molecular flexibility index (Phi) is 16.0. The molecule has 0 heterocycles. The first-order valence-electron chi connectivity index (χ1n) is 9.30. The molecule has 4 nitrogen and oxygen atoms in total. The summed E-state index contributed by atoms with van der Waals surface area (Å²) in [6.07, 6.45) is 10.3. The van der Waals surface area contributed by atoms with Crippen LogP contribution in [0.2, 0.25) is 0 Å². The maximum Gasteiger partial charge on any atom is 0.679 e. The molecule has 0 aliphatic heterocycles.